The number of nitrogens with zero attached hydrogens (tertiary/aromatic N) is 2. The molecule has 1 amide bonds. The molecule has 7 heteroatoms. The van der Waals surface area contributed by atoms with Crippen LogP contribution in [0.5, 0.6) is 0 Å². The molecule has 0 aliphatic carbocycles. The van der Waals surface area contributed by atoms with Gasteiger partial charge in [-0.25, -0.2) is 4.99 Å². The summed E-state index contributed by atoms with van der Waals surface area (Å²) >= 11 is 6.32. The highest BCUT2D eigenvalue weighted by atomic mass is 32.2. The maximum Gasteiger partial charge on any atom is 0.240 e. The van der Waals surface area contributed by atoms with Gasteiger partial charge in [0, 0.05) is 10.6 Å². The Balaban J connectivity index is 2.32. The van der Waals surface area contributed by atoms with Gasteiger partial charge in [0.25, 0.3) is 0 Å². The third kappa shape index (κ3) is 3.18. The molecule has 1 aliphatic heterocycles. The van der Waals surface area contributed by atoms with Crippen LogP contribution in [0.15, 0.2) is 39.7 Å². The highest BCUT2D eigenvalue weighted by Gasteiger charge is 2.34. The molecular formula is C15H14N4OS2. The van der Waals surface area contributed by atoms with E-state index in [4.69, 9.17) is 18.0 Å². The first-order chi connectivity index (χ1) is 10.5. The number of aliphatic imine (C=N–C) groups is 1. The summed E-state index contributed by atoms with van der Waals surface area (Å²) in [6, 6.07) is 9.42. The fourth-order valence-electron chi connectivity index (χ4n) is 2.05. The van der Waals surface area contributed by atoms with Crippen LogP contribution in [0.25, 0.3) is 0 Å². The number of carbonyl (C=O) groups is 1. The van der Waals surface area contributed by atoms with Crippen molar-refractivity contribution in [1.82, 2.24) is 0 Å². The Kier molecular flexibility index (Phi) is 4.96. The van der Waals surface area contributed by atoms with Crippen molar-refractivity contribution in [1.29, 1.82) is 5.26 Å². The number of benzene rings is 1. The smallest absolute Gasteiger partial charge is 0.240 e. The van der Waals surface area contributed by atoms with E-state index < -0.39 is 5.92 Å². The number of hydrogen-bond donors (Lipinski definition) is 2. The van der Waals surface area contributed by atoms with Crippen molar-refractivity contribution in [3.05, 3.63) is 40.3 Å². The zero-order valence-electron chi connectivity index (χ0n) is 12.1. The topological polar surface area (TPSA) is 91.3 Å². The van der Waals surface area contributed by atoms with Crippen molar-refractivity contribution in [2.75, 3.05) is 11.6 Å². The zero-order chi connectivity index (χ0) is 16.3. The Labute approximate surface area is 138 Å². The second-order valence-corrected chi connectivity index (χ2v) is 5.92. The molecule has 1 unspecified atom stereocenters. The summed E-state index contributed by atoms with van der Waals surface area (Å²) in [7, 11) is 0. The summed E-state index contributed by atoms with van der Waals surface area (Å²) in [4.78, 5) is 17.2. The van der Waals surface area contributed by atoms with Crippen LogP contribution in [0.1, 0.15) is 5.56 Å². The van der Waals surface area contributed by atoms with Crippen molar-refractivity contribution in [2.24, 2.45) is 16.6 Å². The van der Waals surface area contributed by atoms with Crippen LogP contribution in [-0.2, 0) is 4.79 Å². The first-order valence-corrected chi connectivity index (χ1v) is 8.05. The summed E-state index contributed by atoms with van der Waals surface area (Å²) in [6.07, 6.45) is 1.78. The molecule has 0 aromatic heterocycles. The Morgan fingerprint density at radius 1 is 1.45 bits per heavy atom. The molecule has 1 heterocycles. The third-order valence-corrected chi connectivity index (χ3v) is 4.34. The molecular weight excluding hydrogens is 316 g/mol. The number of carbonyl (C=O) groups excluding carboxylic acids is 1. The molecule has 5 nitrogen and oxygen atoms in total. The first kappa shape index (κ1) is 16.2. The van der Waals surface area contributed by atoms with Gasteiger partial charge in [0.2, 0.25) is 5.91 Å². The molecule has 22 heavy (non-hydrogen) atoms. The van der Waals surface area contributed by atoms with Crippen molar-refractivity contribution >= 4 is 46.4 Å². The van der Waals surface area contributed by atoms with Gasteiger partial charge >= 0.3 is 0 Å². The van der Waals surface area contributed by atoms with Crippen LogP contribution in [0, 0.1) is 24.2 Å². The van der Waals surface area contributed by atoms with Gasteiger partial charge in [0.05, 0.1) is 5.57 Å². The number of amides is 1. The second-order valence-electron chi connectivity index (χ2n) is 4.69. The largest absolute Gasteiger partial charge is 0.386 e. The van der Waals surface area contributed by atoms with Crippen LogP contribution in [0.3, 0.4) is 0 Å². The number of nitrogens with one attached hydrogen (secondary N) is 1. The number of thioether (sulfide) groups is 1. The third-order valence-electron chi connectivity index (χ3n) is 3.16. The summed E-state index contributed by atoms with van der Waals surface area (Å²) in [5.41, 5.74) is 7.87. The first-order valence-electron chi connectivity index (χ1n) is 6.42. The molecule has 1 atom stereocenters. The summed E-state index contributed by atoms with van der Waals surface area (Å²) < 4.78 is 0. The molecule has 0 bridgehead atoms. The fourth-order valence-corrected chi connectivity index (χ4v) is 3.18. The molecule has 0 saturated carbocycles. The number of thiocarbonyl (C=S) groups is 1. The number of amidine groups is 1. The minimum atomic E-state index is -0.794. The lowest BCUT2D eigenvalue weighted by atomic mass is 10.00. The van der Waals surface area contributed by atoms with Crippen LogP contribution in [0.4, 0.5) is 5.69 Å². The number of nitriles is 1. The predicted octanol–water partition coefficient (Wildman–Crippen LogP) is 2.39. The van der Waals surface area contributed by atoms with Crippen molar-refractivity contribution in [2.45, 2.75) is 6.92 Å². The van der Waals surface area contributed by atoms with Gasteiger partial charge in [-0.1, -0.05) is 29.9 Å². The Bertz CT molecular complexity index is 729. The van der Waals surface area contributed by atoms with Gasteiger partial charge in [0.1, 0.15) is 22.8 Å². The second kappa shape index (κ2) is 6.73. The minimum Gasteiger partial charge on any atom is -0.386 e. The molecule has 1 aromatic carbocycles. The number of dihydropyridines is 1. The molecule has 3 N–H and O–H groups in total. The monoisotopic (exact) mass is 330 g/mol. The molecule has 0 spiro atoms. The van der Waals surface area contributed by atoms with Crippen molar-refractivity contribution in [3.63, 3.8) is 0 Å². The van der Waals surface area contributed by atoms with E-state index in [-0.39, 0.29) is 22.3 Å². The van der Waals surface area contributed by atoms with E-state index in [1.807, 2.05) is 37.3 Å². The standard InChI is InChI=1S/C15H14N4OS2/c1-8-3-5-9(6-4-8)18-14(20)11-12(22-2)10(7-16)15(21)19-13(11)17/h3-6,11H,1-2H3,(H,18,20)(H2,17,19,21). The van der Waals surface area contributed by atoms with Gasteiger partial charge in [-0.2, -0.15) is 5.26 Å². The molecule has 2 rings (SSSR count). The number of aryl methyl sites for hydroxylation is 1. The normalized spacial score (nSPS) is 17.8. The quantitative estimate of drug-likeness (QED) is 0.830. The van der Waals surface area contributed by atoms with Gasteiger partial charge in [-0.05, 0) is 25.3 Å². The molecule has 1 aromatic rings. The average molecular weight is 330 g/mol. The van der Waals surface area contributed by atoms with E-state index in [0.29, 0.717) is 10.6 Å². The SMILES string of the molecule is CSC1=C(C#N)C(=S)N=C(N)C1C(=O)Nc1ccc(C)cc1. The number of rotatable bonds is 3. The number of nitrogens with two attached hydrogens (primary N) is 1. The zero-order valence-corrected chi connectivity index (χ0v) is 13.7. The van der Waals surface area contributed by atoms with E-state index in [0.717, 1.165) is 5.56 Å². The Morgan fingerprint density at radius 3 is 2.64 bits per heavy atom. The lowest BCUT2D eigenvalue weighted by molar-refractivity contribution is -0.117. The van der Waals surface area contributed by atoms with Crippen molar-refractivity contribution < 1.29 is 4.79 Å². The number of anilines is 1. The van der Waals surface area contributed by atoms with Crippen LogP contribution in [-0.4, -0.2) is 23.0 Å². The highest BCUT2D eigenvalue weighted by Crippen LogP contribution is 2.31. The van der Waals surface area contributed by atoms with Gasteiger partial charge in [-0.15, -0.1) is 11.8 Å². The van der Waals surface area contributed by atoms with Gasteiger partial charge in [0.15, 0.2) is 0 Å². The average Bonchev–Trinajstić information content (AvgIpc) is 2.48. The van der Waals surface area contributed by atoms with E-state index in [2.05, 4.69) is 10.3 Å². The lowest BCUT2D eigenvalue weighted by Gasteiger charge is -2.23. The van der Waals surface area contributed by atoms with E-state index in [1.165, 1.54) is 11.8 Å². The number of hydrogen-bond acceptors (Lipinski definition) is 5. The van der Waals surface area contributed by atoms with Gasteiger partial charge < -0.3 is 11.1 Å². The lowest BCUT2D eigenvalue weighted by Crippen LogP contribution is -2.39. The minimum absolute atomic E-state index is 0.109. The van der Waals surface area contributed by atoms with Gasteiger partial charge in [-0.3, -0.25) is 4.79 Å². The molecule has 0 radical (unpaired) electrons. The Hall–Kier alpha value is -2.17. The van der Waals surface area contributed by atoms with Crippen molar-refractivity contribution in [3.8, 4) is 6.07 Å². The fraction of sp³-hybridized carbons (Fsp3) is 0.200. The molecule has 0 fully saturated rings. The van der Waals surface area contributed by atoms with E-state index in [1.54, 1.807) is 6.26 Å². The summed E-state index contributed by atoms with van der Waals surface area (Å²) in [6.45, 7) is 1.96. The highest BCUT2D eigenvalue weighted by molar-refractivity contribution is 8.02. The molecule has 0 saturated heterocycles. The van der Waals surface area contributed by atoms with Crippen LogP contribution < -0.4 is 11.1 Å². The maximum atomic E-state index is 12.5. The Morgan fingerprint density at radius 2 is 2.09 bits per heavy atom. The summed E-state index contributed by atoms with van der Waals surface area (Å²) in [5.74, 6) is -1.01. The van der Waals surface area contributed by atoms with Crippen LogP contribution >= 0.6 is 24.0 Å². The van der Waals surface area contributed by atoms with E-state index >= 15 is 0 Å². The van der Waals surface area contributed by atoms with Crippen LogP contribution in [0.2, 0.25) is 0 Å². The summed E-state index contributed by atoms with van der Waals surface area (Å²) in [5, 5.41) is 12.0. The maximum absolute atomic E-state index is 12.5. The van der Waals surface area contributed by atoms with E-state index in [9.17, 15) is 10.1 Å². The molecule has 1 aliphatic rings. The predicted molar refractivity (Wildman–Crippen MR) is 93.7 cm³/mol. The molecule has 112 valence electrons.